The zero-order chi connectivity index (χ0) is 42.0. The van der Waals surface area contributed by atoms with Gasteiger partial charge >= 0.3 is 11.9 Å². The van der Waals surface area contributed by atoms with Crippen LogP contribution in [0.4, 0.5) is 0 Å². The Labute approximate surface area is 360 Å². The van der Waals surface area contributed by atoms with Gasteiger partial charge in [-0.1, -0.05) is 182 Å². The topological polar surface area (TPSA) is 73.7 Å². The van der Waals surface area contributed by atoms with Gasteiger partial charge in [0.05, 0.1) is 19.5 Å². The van der Waals surface area contributed by atoms with E-state index in [1.807, 2.05) is 18.7 Å². The van der Waals surface area contributed by atoms with Gasteiger partial charge < -0.3 is 18.9 Å². The van der Waals surface area contributed by atoms with Crippen molar-refractivity contribution in [2.24, 2.45) is 11.8 Å². The van der Waals surface area contributed by atoms with Crippen LogP contribution in [0.25, 0.3) is 0 Å². The molecule has 1 aromatic heterocycles. The number of nitrogens with zero attached hydrogens (tertiary/aromatic N) is 3. The first-order valence-corrected chi connectivity index (χ1v) is 25.5. The van der Waals surface area contributed by atoms with Gasteiger partial charge in [0.2, 0.25) is 0 Å². The highest BCUT2D eigenvalue weighted by Crippen LogP contribution is 2.23. The molecule has 0 aliphatic rings. The lowest BCUT2D eigenvalue weighted by Gasteiger charge is -2.22. The summed E-state index contributed by atoms with van der Waals surface area (Å²) in [5.41, 5.74) is 0. The van der Waals surface area contributed by atoms with Crippen molar-refractivity contribution in [2.75, 3.05) is 32.8 Å². The fraction of sp³-hybridized carbons (Fsp3) is 0.902. The summed E-state index contributed by atoms with van der Waals surface area (Å²) in [4.78, 5) is 31.9. The molecule has 58 heavy (non-hydrogen) atoms. The van der Waals surface area contributed by atoms with Crippen LogP contribution < -0.4 is 0 Å². The summed E-state index contributed by atoms with van der Waals surface area (Å²) in [7, 11) is 0. The maximum atomic E-state index is 12.5. The largest absolute Gasteiger partial charge is 0.466 e. The molecular formula is C51H97N3O4. The van der Waals surface area contributed by atoms with Crippen molar-refractivity contribution < 1.29 is 19.1 Å². The Morgan fingerprint density at radius 2 is 0.862 bits per heavy atom. The quantitative estimate of drug-likeness (QED) is 0.0482. The average molecular weight is 816 g/mol. The molecule has 0 radical (unpaired) electrons. The summed E-state index contributed by atoms with van der Waals surface area (Å²) in [6.07, 6.45) is 46.4. The number of rotatable bonds is 45. The van der Waals surface area contributed by atoms with E-state index in [0.29, 0.717) is 37.9 Å². The van der Waals surface area contributed by atoms with Crippen molar-refractivity contribution in [1.82, 2.24) is 14.5 Å². The van der Waals surface area contributed by atoms with Gasteiger partial charge in [-0.15, -0.1) is 0 Å². The Balaban J connectivity index is 2.30. The number of carbonyl (C=O) groups is 2. The molecule has 340 valence electrons. The lowest BCUT2D eigenvalue weighted by molar-refractivity contribution is -0.145. The second-order valence-electron chi connectivity index (χ2n) is 17.8. The molecule has 0 spiro atoms. The predicted molar refractivity (Wildman–Crippen MR) is 247 cm³/mol. The predicted octanol–water partition coefficient (Wildman–Crippen LogP) is 14.8. The van der Waals surface area contributed by atoms with E-state index in [1.54, 1.807) is 0 Å². The van der Waals surface area contributed by atoms with Crippen LogP contribution >= 0.6 is 0 Å². The zero-order valence-corrected chi connectivity index (χ0v) is 39.1. The monoisotopic (exact) mass is 816 g/mol. The Kier molecular flexibility index (Phi) is 39.0. The van der Waals surface area contributed by atoms with Gasteiger partial charge in [-0.2, -0.15) is 0 Å². The van der Waals surface area contributed by atoms with E-state index in [4.69, 9.17) is 9.47 Å². The molecule has 2 unspecified atom stereocenters. The van der Waals surface area contributed by atoms with Crippen LogP contribution in [-0.4, -0.2) is 59.2 Å². The number of unbranched alkanes of at least 4 members (excludes halogenated alkanes) is 19. The summed E-state index contributed by atoms with van der Waals surface area (Å²) in [5, 5.41) is 0. The summed E-state index contributed by atoms with van der Waals surface area (Å²) in [6.45, 7) is 14.7. The fourth-order valence-electron chi connectivity index (χ4n) is 8.43. The second kappa shape index (κ2) is 41.8. The van der Waals surface area contributed by atoms with Crippen LogP contribution in [0.5, 0.6) is 0 Å². The SMILES string of the molecule is CCCCCCCC(CCCCC)CCOC(=O)CCCCCCN(CCCCCCC(=O)OCCC(CCCCC)CCCCCCC)CCCCn1ccnc1. The molecule has 1 aromatic rings. The van der Waals surface area contributed by atoms with Crippen molar-refractivity contribution in [3.05, 3.63) is 18.7 Å². The molecule has 0 saturated heterocycles. The molecule has 0 bridgehead atoms. The number of ether oxygens (including phenoxy) is 2. The van der Waals surface area contributed by atoms with Gasteiger partial charge in [-0.25, -0.2) is 4.98 Å². The molecule has 7 nitrogen and oxygen atoms in total. The second-order valence-corrected chi connectivity index (χ2v) is 17.8. The van der Waals surface area contributed by atoms with Crippen LogP contribution in [-0.2, 0) is 25.6 Å². The Morgan fingerprint density at radius 3 is 1.29 bits per heavy atom. The van der Waals surface area contributed by atoms with Crippen molar-refractivity contribution in [1.29, 1.82) is 0 Å². The first-order chi connectivity index (χ1) is 28.5. The van der Waals surface area contributed by atoms with Crippen molar-refractivity contribution in [3.63, 3.8) is 0 Å². The smallest absolute Gasteiger partial charge is 0.305 e. The third-order valence-corrected chi connectivity index (χ3v) is 12.4. The molecule has 0 aliphatic heterocycles. The molecule has 7 heteroatoms. The Bertz CT molecular complexity index is 944. The standard InChI is InChI=1S/C51H97N3O4/c1-5-9-13-15-23-33-48(31-21-11-7-3)37-45-57-50(55)35-25-17-19-27-40-53(42-29-30-43-54-44-39-52-47-54)41-28-20-18-26-36-51(56)58-46-38-49(32-22-12-8-4)34-24-16-14-10-6-2/h39,44,47-49H,5-38,40-43,45-46H2,1-4H3. The minimum Gasteiger partial charge on any atom is -0.466 e. The van der Waals surface area contributed by atoms with E-state index in [0.717, 1.165) is 84.0 Å². The molecule has 1 rings (SSSR count). The van der Waals surface area contributed by atoms with E-state index in [1.165, 1.54) is 148 Å². The Morgan fingerprint density at radius 1 is 0.483 bits per heavy atom. The van der Waals surface area contributed by atoms with Crippen LogP contribution in [0.1, 0.15) is 246 Å². The summed E-state index contributed by atoms with van der Waals surface area (Å²) in [5.74, 6) is 1.42. The van der Waals surface area contributed by atoms with E-state index < -0.39 is 0 Å². The molecule has 0 N–H and O–H groups in total. The van der Waals surface area contributed by atoms with Crippen LogP contribution in [0, 0.1) is 11.8 Å². The number of carbonyl (C=O) groups excluding carboxylic acids is 2. The van der Waals surface area contributed by atoms with Crippen molar-refractivity contribution >= 4 is 11.9 Å². The summed E-state index contributed by atoms with van der Waals surface area (Å²) >= 11 is 0. The normalized spacial score (nSPS) is 12.6. The lowest BCUT2D eigenvalue weighted by Crippen LogP contribution is -2.27. The van der Waals surface area contributed by atoms with Gasteiger partial charge in [0.1, 0.15) is 0 Å². The van der Waals surface area contributed by atoms with Crippen LogP contribution in [0.2, 0.25) is 0 Å². The van der Waals surface area contributed by atoms with Crippen molar-refractivity contribution in [2.45, 2.75) is 253 Å². The van der Waals surface area contributed by atoms with Gasteiger partial charge in [0.25, 0.3) is 0 Å². The van der Waals surface area contributed by atoms with Gasteiger partial charge in [-0.05, 0) is 82.8 Å². The van der Waals surface area contributed by atoms with Gasteiger partial charge in [-0.3, -0.25) is 9.59 Å². The lowest BCUT2D eigenvalue weighted by atomic mass is 9.92. The summed E-state index contributed by atoms with van der Waals surface area (Å²) in [6, 6.07) is 0. The highest BCUT2D eigenvalue weighted by Gasteiger charge is 2.13. The van der Waals surface area contributed by atoms with Gasteiger partial charge in [0, 0.05) is 31.8 Å². The number of hydrogen-bond acceptors (Lipinski definition) is 6. The highest BCUT2D eigenvalue weighted by atomic mass is 16.5. The molecule has 0 saturated carbocycles. The number of imidazole rings is 1. The number of hydrogen-bond donors (Lipinski definition) is 0. The number of aromatic nitrogens is 2. The minimum atomic E-state index is -0.00187. The first-order valence-electron chi connectivity index (χ1n) is 25.5. The minimum absolute atomic E-state index is 0.00187. The Hall–Kier alpha value is -1.89. The molecule has 0 aliphatic carbocycles. The van der Waals surface area contributed by atoms with Gasteiger partial charge in [0.15, 0.2) is 0 Å². The molecule has 0 amide bonds. The van der Waals surface area contributed by atoms with Crippen LogP contribution in [0.15, 0.2) is 18.7 Å². The van der Waals surface area contributed by atoms with Crippen LogP contribution in [0.3, 0.4) is 0 Å². The third kappa shape index (κ3) is 34.9. The number of esters is 2. The maximum Gasteiger partial charge on any atom is 0.305 e. The first kappa shape index (κ1) is 54.1. The molecule has 0 fully saturated rings. The van der Waals surface area contributed by atoms with E-state index in [2.05, 4.69) is 42.1 Å². The number of aryl methyl sites for hydroxylation is 1. The van der Waals surface area contributed by atoms with E-state index >= 15 is 0 Å². The fourth-order valence-corrected chi connectivity index (χ4v) is 8.43. The molecule has 0 aromatic carbocycles. The van der Waals surface area contributed by atoms with E-state index in [-0.39, 0.29) is 11.9 Å². The maximum absolute atomic E-state index is 12.5. The van der Waals surface area contributed by atoms with E-state index in [9.17, 15) is 9.59 Å². The molecule has 1 heterocycles. The molecule has 2 atom stereocenters. The summed E-state index contributed by atoms with van der Waals surface area (Å²) < 4.78 is 13.6. The molecular weight excluding hydrogens is 719 g/mol. The zero-order valence-electron chi connectivity index (χ0n) is 39.1. The average Bonchev–Trinajstić information content (AvgIpc) is 3.75. The highest BCUT2D eigenvalue weighted by molar-refractivity contribution is 5.69. The third-order valence-electron chi connectivity index (χ3n) is 12.4. The van der Waals surface area contributed by atoms with Crippen molar-refractivity contribution in [3.8, 4) is 0 Å².